The van der Waals surface area contributed by atoms with Crippen molar-refractivity contribution in [3.05, 3.63) is 18.2 Å². The number of benzene rings is 1. The van der Waals surface area contributed by atoms with E-state index in [0.29, 0.717) is 11.4 Å². The first kappa shape index (κ1) is 17.8. The van der Waals surface area contributed by atoms with E-state index in [0.717, 1.165) is 19.3 Å². The molecule has 120 valence electrons. The Morgan fingerprint density at radius 3 is 2.62 bits per heavy atom. The topological polar surface area (TPSA) is 81.4 Å². The zero-order chi connectivity index (χ0) is 15.9. The molecule has 0 aliphatic carbocycles. The van der Waals surface area contributed by atoms with E-state index in [1.165, 1.54) is 32.1 Å². The molecule has 3 N–H and O–H groups in total. The summed E-state index contributed by atoms with van der Waals surface area (Å²) in [7, 11) is -2.07. The molecule has 6 heteroatoms. The third-order valence-electron chi connectivity index (χ3n) is 3.36. The predicted octanol–water partition coefficient (Wildman–Crippen LogP) is 2.91. The van der Waals surface area contributed by atoms with Crippen LogP contribution >= 0.6 is 0 Å². The van der Waals surface area contributed by atoms with Gasteiger partial charge in [0.25, 0.3) is 0 Å². The van der Waals surface area contributed by atoms with Gasteiger partial charge in [-0.1, -0.05) is 32.6 Å². The molecule has 0 aliphatic heterocycles. The Morgan fingerprint density at radius 2 is 2.00 bits per heavy atom. The van der Waals surface area contributed by atoms with Crippen molar-refractivity contribution in [1.29, 1.82) is 0 Å². The third-order valence-corrected chi connectivity index (χ3v) is 4.95. The first-order valence-corrected chi connectivity index (χ1v) is 8.85. The highest BCUT2D eigenvalue weighted by Crippen LogP contribution is 2.24. The van der Waals surface area contributed by atoms with Crippen LogP contribution in [-0.2, 0) is 10.0 Å². The van der Waals surface area contributed by atoms with Crippen molar-refractivity contribution in [3.63, 3.8) is 0 Å². The van der Waals surface area contributed by atoms with Gasteiger partial charge in [0, 0.05) is 12.1 Å². The molecule has 0 radical (unpaired) electrons. The summed E-state index contributed by atoms with van der Waals surface area (Å²) in [5, 5.41) is 0. The van der Waals surface area contributed by atoms with Crippen LogP contribution in [0.3, 0.4) is 0 Å². The van der Waals surface area contributed by atoms with Crippen LogP contribution in [0.4, 0.5) is 5.69 Å². The van der Waals surface area contributed by atoms with Crippen molar-refractivity contribution < 1.29 is 13.2 Å². The largest absolute Gasteiger partial charge is 0.495 e. The van der Waals surface area contributed by atoms with Gasteiger partial charge in [0.2, 0.25) is 10.0 Å². The smallest absolute Gasteiger partial charge is 0.240 e. The summed E-state index contributed by atoms with van der Waals surface area (Å²) in [6.45, 7) is 4.04. The Bertz CT molecular complexity index is 544. The first-order valence-electron chi connectivity index (χ1n) is 7.36. The van der Waals surface area contributed by atoms with E-state index in [4.69, 9.17) is 10.5 Å². The molecule has 21 heavy (non-hydrogen) atoms. The van der Waals surface area contributed by atoms with E-state index >= 15 is 0 Å². The van der Waals surface area contributed by atoms with Gasteiger partial charge in [0.05, 0.1) is 17.7 Å². The molecule has 0 saturated carbocycles. The zero-order valence-electron chi connectivity index (χ0n) is 13.1. The molecule has 1 atom stereocenters. The SMILES string of the molecule is CCCCCCC(C)NS(=O)(=O)c1ccc(N)c(OC)c1. The maximum absolute atomic E-state index is 12.3. The van der Waals surface area contributed by atoms with Crippen molar-refractivity contribution in [1.82, 2.24) is 4.72 Å². The van der Waals surface area contributed by atoms with Gasteiger partial charge in [-0.2, -0.15) is 0 Å². The first-order chi connectivity index (χ1) is 9.90. The number of nitrogens with one attached hydrogen (secondary N) is 1. The number of anilines is 1. The fourth-order valence-corrected chi connectivity index (χ4v) is 3.42. The Labute approximate surface area is 127 Å². The van der Waals surface area contributed by atoms with Gasteiger partial charge in [0.1, 0.15) is 5.75 Å². The summed E-state index contributed by atoms with van der Waals surface area (Å²) in [5.41, 5.74) is 6.12. The lowest BCUT2D eigenvalue weighted by atomic mass is 10.1. The molecule has 0 aromatic heterocycles. The van der Waals surface area contributed by atoms with Crippen LogP contribution in [0.5, 0.6) is 5.75 Å². The van der Waals surface area contributed by atoms with Crippen LogP contribution in [0.1, 0.15) is 46.0 Å². The van der Waals surface area contributed by atoms with Crippen molar-refractivity contribution >= 4 is 15.7 Å². The number of hydrogen-bond donors (Lipinski definition) is 2. The average molecular weight is 314 g/mol. The molecule has 1 aromatic rings. The standard InChI is InChI=1S/C15H26N2O3S/c1-4-5-6-7-8-12(2)17-21(18,19)13-9-10-14(16)15(11-13)20-3/h9-12,17H,4-8,16H2,1-3H3. The number of methoxy groups -OCH3 is 1. The summed E-state index contributed by atoms with van der Waals surface area (Å²) in [4.78, 5) is 0.175. The lowest BCUT2D eigenvalue weighted by Crippen LogP contribution is -2.32. The van der Waals surface area contributed by atoms with Crippen LogP contribution < -0.4 is 15.2 Å². The molecule has 0 amide bonds. The monoisotopic (exact) mass is 314 g/mol. The Morgan fingerprint density at radius 1 is 1.29 bits per heavy atom. The molecule has 5 nitrogen and oxygen atoms in total. The second kappa shape index (κ2) is 8.24. The maximum Gasteiger partial charge on any atom is 0.240 e. The van der Waals surface area contributed by atoms with Gasteiger partial charge in [-0.3, -0.25) is 0 Å². The van der Waals surface area contributed by atoms with Gasteiger partial charge < -0.3 is 10.5 Å². The van der Waals surface area contributed by atoms with Gasteiger partial charge in [-0.25, -0.2) is 13.1 Å². The van der Waals surface area contributed by atoms with Crippen molar-refractivity contribution in [3.8, 4) is 5.75 Å². The Kier molecular flexibility index (Phi) is 6.98. The van der Waals surface area contributed by atoms with Crippen molar-refractivity contribution in [2.24, 2.45) is 0 Å². The predicted molar refractivity (Wildman–Crippen MR) is 85.9 cm³/mol. The quantitative estimate of drug-likeness (QED) is 0.542. The number of unbranched alkanes of at least 4 members (excludes halogenated alkanes) is 3. The second-order valence-electron chi connectivity index (χ2n) is 5.28. The van der Waals surface area contributed by atoms with Crippen LogP contribution in [0, 0.1) is 0 Å². The van der Waals surface area contributed by atoms with Gasteiger partial charge in [0.15, 0.2) is 0 Å². The molecule has 0 fully saturated rings. The molecule has 0 bridgehead atoms. The minimum absolute atomic E-state index is 0.0876. The highest BCUT2D eigenvalue weighted by molar-refractivity contribution is 7.89. The lowest BCUT2D eigenvalue weighted by molar-refractivity contribution is 0.415. The van der Waals surface area contributed by atoms with E-state index in [-0.39, 0.29) is 10.9 Å². The van der Waals surface area contributed by atoms with Crippen LogP contribution in [0.15, 0.2) is 23.1 Å². The van der Waals surface area contributed by atoms with E-state index in [1.54, 1.807) is 6.07 Å². The van der Waals surface area contributed by atoms with E-state index < -0.39 is 10.0 Å². The number of sulfonamides is 1. The minimum Gasteiger partial charge on any atom is -0.495 e. The Balaban J connectivity index is 2.68. The second-order valence-corrected chi connectivity index (χ2v) is 6.99. The molecular formula is C15H26N2O3S. The van der Waals surface area contributed by atoms with Crippen LogP contribution in [-0.4, -0.2) is 21.6 Å². The summed E-state index contributed by atoms with van der Waals surface area (Å²) in [6, 6.07) is 4.39. The minimum atomic E-state index is -3.54. The number of rotatable bonds is 9. The van der Waals surface area contributed by atoms with E-state index in [2.05, 4.69) is 11.6 Å². The number of nitrogens with two attached hydrogens (primary N) is 1. The highest BCUT2D eigenvalue weighted by Gasteiger charge is 2.18. The maximum atomic E-state index is 12.3. The van der Waals surface area contributed by atoms with Crippen molar-refractivity contribution in [2.45, 2.75) is 56.9 Å². The van der Waals surface area contributed by atoms with Gasteiger partial charge in [-0.05, 0) is 25.5 Å². The molecule has 1 aromatic carbocycles. The summed E-state index contributed by atoms with van der Waals surface area (Å²) < 4.78 is 32.4. The molecule has 0 aliphatic rings. The number of hydrogen-bond acceptors (Lipinski definition) is 4. The van der Waals surface area contributed by atoms with E-state index in [1.807, 2.05) is 6.92 Å². The average Bonchev–Trinajstić information content (AvgIpc) is 2.43. The fourth-order valence-electron chi connectivity index (χ4n) is 2.13. The Hall–Kier alpha value is -1.27. The van der Waals surface area contributed by atoms with Gasteiger partial charge in [-0.15, -0.1) is 0 Å². The van der Waals surface area contributed by atoms with Crippen molar-refractivity contribution in [2.75, 3.05) is 12.8 Å². The number of nitrogen functional groups attached to an aromatic ring is 1. The zero-order valence-corrected chi connectivity index (χ0v) is 13.9. The van der Waals surface area contributed by atoms with Crippen LogP contribution in [0.2, 0.25) is 0 Å². The summed E-state index contributed by atoms with van der Waals surface area (Å²) >= 11 is 0. The number of ether oxygens (including phenoxy) is 1. The summed E-state index contributed by atoms with van der Waals surface area (Å²) in [5.74, 6) is 0.369. The molecular weight excluding hydrogens is 288 g/mol. The third kappa shape index (κ3) is 5.55. The highest BCUT2D eigenvalue weighted by atomic mass is 32.2. The van der Waals surface area contributed by atoms with Crippen LogP contribution in [0.25, 0.3) is 0 Å². The normalized spacial score (nSPS) is 13.1. The van der Waals surface area contributed by atoms with Gasteiger partial charge >= 0.3 is 0 Å². The molecule has 0 heterocycles. The molecule has 1 rings (SSSR count). The molecule has 0 spiro atoms. The molecule has 1 unspecified atom stereocenters. The van der Waals surface area contributed by atoms with E-state index in [9.17, 15) is 8.42 Å². The fraction of sp³-hybridized carbons (Fsp3) is 0.600. The molecule has 0 saturated heterocycles. The summed E-state index contributed by atoms with van der Waals surface area (Å²) in [6.07, 6.45) is 5.37. The lowest BCUT2D eigenvalue weighted by Gasteiger charge is -2.15.